The molecule has 0 bridgehead atoms. The van der Waals surface area contributed by atoms with Gasteiger partial charge in [0, 0.05) is 4.88 Å². The Morgan fingerprint density at radius 2 is 1.76 bits per heavy atom. The average molecular weight is 369 g/mol. The van der Waals surface area contributed by atoms with Crippen molar-refractivity contribution in [2.75, 3.05) is 0 Å². The van der Waals surface area contributed by atoms with Gasteiger partial charge in [0.15, 0.2) is 0 Å². The predicted octanol–water partition coefficient (Wildman–Crippen LogP) is 3.39. The molecular weight excluding hydrogens is 361 g/mol. The van der Waals surface area contributed by atoms with Crippen molar-refractivity contribution in [1.82, 2.24) is 0 Å². The van der Waals surface area contributed by atoms with E-state index in [1.165, 1.54) is 29.6 Å². The van der Waals surface area contributed by atoms with Crippen LogP contribution in [0.5, 0.6) is 0 Å². The van der Waals surface area contributed by atoms with Crippen LogP contribution in [0.3, 0.4) is 0 Å². The second-order valence-electron chi connectivity index (χ2n) is 4.53. The largest absolute Gasteiger partial charge is 0.870 e. The lowest BCUT2D eigenvalue weighted by molar-refractivity contribution is -0.245. The van der Waals surface area contributed by atoms with Crippen LogP contribution in [0.1, 0.15) is 15.2 Å². The lowest BCUT2D eigenvalue weighted by atomic mass is 10.2. The molecule has 2 aromatic rings. The Balaban J connectivity index is 2.41. The highest BCUT2D eigenvalue weighted by molar-refractivity contribution is 7.11. The number of thiophene rings is 1. The number of carboxylic acid groups (broad SMARTS) is 1. The van der Waals surface area contributed by atoms with E-state index in [1.54, 1.807) is 0 Å². The van der Waals surface area contributed by atoms with Crippen molar-refractivity contribution in [2.24, 2.45) is 10.2 Å². The highest BCUT2D eigenvalue weighted by Gasteiger charge is 2.41. The quantitative estimate of drug-likeness (QED) is 0.496. The number of Topliss-reactive ketones (excluding diaryl/α,β-unsaturated/α-hetero) is 1. The maximum absolute atomic E-state index is 12.7. The summed E-state index contributed by atoms with van der Waals surface area (Å²) in [5, 5.41) is 28.9. The number of carbonyl (C=O) groups excluding carboxylic acids is 1. The van der Waals surface area contributed by atoms with Crippen LogP contribution in [-0.2, 0) is 4.79 Å². The Hall–Kier alpha value is -3.01. The standard InChI is InChI=1S/C15H9F3N2O4S/c16-15(17,18)13(22)11(12(21)10-2-1-7-25-10)20-19-9-5-3-8(4-6-9)14(23)24/h1-7,21H,(H,23,24)/p-1/b12-11+,20-19?. The first kappa shape index (κ1) is 18.3. The van der Waals surface area contributed by atoms with Gasteiger partial charge in [-0.25, -0.2) is 4.79 Å². The molecule has 0 fully saturated rings. The molecule has 0 radical (unpaired) electrons. The number of rotatable bonds is 5. The molecule has 0 unspecified atom stereocenters. The van der Waals surface area contributed by atoms with E-state index in [-0.39, 0.29) is 16.1 Å². The van der Waals surface area contributed by atoms with Gasteiger partial charge in [-0.15, -0.1) is 16.5 Å². The van der Waals surface area contributed by atoms with Crippen molar-refractivity contribution in [3.05, 3.63) is 57.9 Å². The summed E-state index contributed by atoms with van der Waals surface area (Å²) in [4.78, 5) is 22.1. The van der Waals surface area contributed by atoms with E-state index in [0.717, 1.165) is 23.5 Å². The molecule has 0 aliphatic carbocycles. The van der Waals surface area contributed by atoms with Crippen LogP contribution in [0.25, 0.3) is 5.76 Å². The molecule has 25 heavy (non-hydrogen) atoms. The summed E-state index contributed by atoms with van der Waals surface area (Å²) in [5.41, 5.74) is -1.45. The molecule has 1 heterocycles. The summed E-state index contributed by atoms with van der Waals surface area (Å²) in [6.07, 6.45) is -5.28. The summed E-state index contributed by atoms with van der Waals surface area (Å²) in [7, 11) is 0. The maximum atomic E-state index is 12.7. The second-order valence-corrected chi connectivity index (χ2v) is 5.48. The van der Waals surface area contributed by atoms with E-state index in [1.807, 2.05) is 0 Å². The molecule has 0 saturated heterocycles. The van der Waals surface area contributed by atoms with Gasteiger partial charge in [-0.2, -0.15) is 18.3 Å². The Bertz CT molecular complexity index is 841. The third-order valence-electron chi connectivity index (χ3n) is 2.81. The number of nitrogens with zero attached hydrogens (tertiary/aromatic N) is 2. The normalized spacial score (nSPS) is 12.9. The number of ketones is 1. The van der Waals surface area contributed by atoms with Gasteiger partial charge >= 0.3 is 12.1 Å². The minimum atomic E-state index is -5.28. The number of benzene rings is 1. The van der Waals surface area contributed by atoms with E-state index >= 15 is 0 Å². The number of aromatic carboxylic acids is 1. The van der Waals surface area contributed by atoms with Gasteiger partial charge in [0.05, 0.1) is 11.3 Å². The van der Waals surface area contributed by atoms with Gasteiger partial charge in [0.25, 0.3) is 5.78 Å². The molecule has 6 nitrogen and oxygen atoms in total. The number of carboxylic acids is 1. The zero-order valence-electron chi connectivity index (χ0n) is 12.1. The van der Waals surface area contributed by atoms with Crippen LogP contribution >= 0.6 is 11.3 Å². The van der Waals surface area contributed by atoms with Crippen molar-refractivity contribution < 1.29 is 33.0 Å². The summed E-state index contributed by atoms with van der Waals surface area (Å²) >= 11 is 0.857. The highest BCUT2D eigenvalue weighted by atomic mass is 32.1. The van der Waals surface area contributed by atoms with E-state index in [9.17, 15) is 27.9 Å². The minimum Gasteiger partial charge on any atom is -0.870 e. The Labute approximate surface area is 142 Å². The second kappa shape index (κ2) is 7.26. The monoisotopic (exact) mass is 369 g/mol. The first-order chi connectivity index (χ1) is 11.7. The number of azo groups is 1. The molecule has 130 valence electrons. The predicted molar refractivity (Wildman–Crippen MR) is 80.2 cm³/mol. The molecule has 0 saturated carbocycles. The summed E-state index contributed by atoms with van der Waals surface area (Å²) in [5.74, 6) is -4.80. The Morgan fingerprint density at radius 3 is 2.24 bits per heavy atom. The van der Waals surface area contributed by atoms with Crippen LogP contribution in [0, 0.1) is 0 Å². The highest BCUT2D eigenvalue weighted by Crippen LogP contribution is 2.28. The topological polar surface area (TPSA) is 102 Å². The summed E-state index contributed by atoms with van der Waals surface area (Å²) in [6.45, 7) is 0. The number of halogens is 3. The van der Waals surface area contributed by atoms with E-state index < -0.39 is 29.4 Å². The molecule has 0 aliphatic rings. The molecule has 1 aromatic heterocycles. The van der Waals surface area contributed by atoms with Gasteiger partial charge in [-0.1, -0.05) is 11.8 Å². The van der Waals surface area contributed by atoms with Crippen LogP contribution < -0.4 is 5.11 Å². The zero-order valence-corrected chi connectivity index (χ0v) is 13.0. The molecule has 1 N–H and O–H groups in total. The van der Waals surface area contributed by atoms with Crippen LogP contribution in [0.15, 0.2) is 57.7 Å². The average Bonchev–Trinajstić information content (AvgIpc) is 3.08. The number of carbonyl (C=O) groups is 2. The third kappa shape index (κ3) is 4.51. The van der Waals surface area contributed by atoms with Crippen LogP contribution in [0.4, 0.5) is 18.9 Å². The van der Waals surface area contributed by atoms with Crippen LogP contribution in [0.2, 0.25) is 0 Å². The first-order valence-corrected chi connectivity index (χ1v) is 7.40. The van der Waals surface area contributed by atoms with Gasteiger partial charge in [-0.05, 0) is 35.7 Å². The smallest absolute Gasteiger partial charge is 0.456 e. The van der Waals surface area contributed by atoms with E-state index in [2.05, 4.69) is 10.2 Å². The molecule has 1 aromatic carbocycles. The Morgan fingerprint density at radius 1 is 1.12 bits per heavy atom. The fourth-order valence-electron chi connectivity index (χ4n) is 1.63. The molecular formula is C15H8F3N2O4S-. The number of hydrogen-bond acceptors (Lipinski definition) is 6. The van der Waals surface area contributed by atoms with Crippen LogP contribution in [-0.4, -0.2) is 23.0 Å². The third-order valence-corrected chi connectivity index (χ3v) is 3.68. The van der Waals surface area contributed by atoms with Gasteiger partial charge in [0.1, 0.15) is 5.70 Å². The molecule has 10 heteroatoms. The fourth-order valence-corrected chi connectivity index (χ4v) is 2.30. The fraction of sp³-hybridized carbons (Fsp3) is 0.0667. The van der Waals surface area contributed by atoms with Crippen molar-refractivity contribution in [3.63, 3.8) is 0 Å². The minimum absolute atomic E-state index is 0.0172. The number of allylic oxidation sites excluding steroid dienone is 1. The summed E-state index contributed by atoms with van der Waals surface area (Å²) < 4.78 is 38.0. The molecule has 0 atom stereocenters. The van der Waals surface area contributed by atoms with Gasteiger partial charge in [-0.3, -0.25) is 4.79 Å². The lowest BCUT2D eigenvalue weighted by Gasteiger charge is -2.14. The first-order valence-electron chi connectivity index (χ1n) is 6.52. The van der Waals surface area contributed by atoms with Crippen molar-refractivity contribution >= 4 is 34.5 Å². The number of alkyl halides is 3. The lowest BCUT2D eigenvalue weighted by Crippen LogP contribution is -2.26. The van der Waals surface area contributed by atoms with E-state index in [4.69, 9.17) is 5.11 Å². The molecule has 2 rings (SSSR count). The molecule has 0 amide bonds. The Kier molecular flexibility index (Phi) is 5.32. The van der Waals surface area contributed by atoms with Gasteiger partial charge < -0.3 is 10.2 Å². The summed E-state index contributed by atoms with van der Waals surface area (Å²) in [6, 6.07) is 7.37. The number of hydrogen-bond donors (Lipinski definition) is 1. The van der Waals surface area contributed by atoms with Crippen molar-refractivity contribution in [3.8, 4) is 0 Å². The SMILES string of the molecule is O=C(O)c1ccc(N=N/C(C(=O)C(F)(F)F)=C(/[O-])c2cccs2)cc1. The molecule has 0 spiro atoms. The zero-order chi connectivity index (χ0) is 18.6. The maximum Gasteiger partial charge on any atom is 0.456 e. The van der Waals surface area contributed by atoms with Crippen molar-refractivity contribution in [1.29, 1.82) is 0 Å². The van der Waals surface area contributed by atoms with Crippen molar-refractivity contribution in [2.45, 2.75) is 6.18 Å². The van der Waals surface area contributed by atoms with Gasteiger partial charge in [0.2, 0.25) is 0 Å². The molecule has 0 aliphatic heterocycles. The van der Waals surface area contributed by atoms with E-state index in [0.29, 0.717) is 0 Å².